The van der Waals surface area contributed by atoms with E-state index in [-0.39, 0.29) is 0 Å². The molecule has 15 heavy (non-hydrogen) atoms. The highest BCUT2D eigenvalue weighted by molar-refractivity contribution is 5.47. The van der Waals surface area contributed by atoms with Gasteiger partial charge in [0.15, 0.2) is 0 Å². The van der Waals surface area contributed by atoms with E-state index in [1.807, 2.05) is 29.8 Å². The number of hydrogen-bond donors (Lipinski definition) is 0. The van der Waals surface area contributed by atoms with Gasteiger partial charge >= 0.3 is 0 Å². The third-order valence-electron chi connectivity index (χ3n) is 2.21. The monoisotopic (exact) mass is 199 g/mol. The predicted octanol–water partition coefficient (Wildman–Crippen LogP) is 2.28. The second kappa shape index (κ2) is 4.09. The van der Waals surface area contributed by atoms with Crippen molar-refractivity contribution in [2.75, 3.05) is 0 Å². The van der Waals surface area contributed by atoms with Gasteiger partial charge in [0.25, 0.3) is 0 Å². The molecule has 0 radical (unpaired) electrons. The van der Waals surface area contributed by atoms with Gasteiger partial charge in [0.1, 0.15) is 12.2 Å². The molecule has 0 amide bonds. The first-order valence-electron chi connectivity index (χ1n) is 4.85. The second-order valence-corrected chi connectivity index (χ2v) is 3.44. The molecule has 0 aliphatic rings. The lowest BCUT2D eigenvalue weighted by atomic mass is 10.1. The molecule has 1 aromatic carbocycles. The fourth-order valence-electron chi connectivity index (χ4n) is 1.41. The summed E-state index contributed by atoms with van der Waals surface area (Å²) < 4.78 is 1.83. The Morgan fingerprint density at radius 1 is 1.33 bits per heavy atom. The minimum absolute atomic E-state index is 0.762. The smallest absolute Gasteiger partial charge is 0.147 e. The zero-order valence-corrected chi connectivity index (χ0v) is 8.72. The Hall–Kier alpha value is -1.90. The van der Waals surface area contributed by atoms with Crippen LogP contribution in [0.2, 0.25) is 0 Å². The van der Waals surface area contributed by atoms with Crippen LogP contribution in [0.5, 0.6) is 0 Å². The maximum absolute atomic E-state index is 4.23. The topological polar surface area (TPSA) is 30.7 Å². The number of aryl methyl sites for hydroxylation is 1. The zero-order chi connectivity index (χ0) is 10.7. The molecular formula is C12H13N3. The highest BCUT2D eigenvalue weighted by Crippen LogP contribution is 2.06. The summed E-state index contributed by atoms with van der Waals surface area (Å²) >= 11 is 0. The van der Waals surface area contributed by atoms with Gasteiger partial charge in [-0.2, -0.15) is 5.10 Å². The first-order chi connectivity index (χ1) is 7.28. The largest absolute Gasteiger partial charge is 0.248 e. The minimum atomic E-state index is 0.762. The van der Waals surface area contributed by atoms with Crippen LogP contribution in [0.15, 0.2) is 37.2 Å². The normalized spacial score (nSPS) is 10.2. The molecule has 0 spiro atoms. The molecule has 1 aromatic heterocycles. The van der Waals surface area contributed by atoms with E-state index in [2.05, 4.69) is 28.8 Å². The molecular weight excluding hydrogens is 186 g/mol. The molecule has 2 rings (SSSR count). The average Bonchev–Trinajstić information content (AvgIpc) is 2.65. The highest BCUT2D eigenvalue weighted by Gasteiger charge is 1.97. The maximum Gasteiger partial charge on any atom is 0.147 e. The number of rotatable bonds is 3. The number of benzene rings is 1. The van der Waals surface area contributed by atoms with Crippen LogP contribution in [0, 0.1) is 6.92 Å². The maximum atomic E-state index is 4.23. The van der Waals surface area contributed by atoms with Crippen molar-refractivity contribution in [3.05, 3.63) is 54.1 Å². The van der Waals surface area contributed by atoms with Crippen molar-refractivity contribution in [1.29, 1.82) is 0 Å². The van der Waals surface area contributed by atoms with Crippen LogP contribution in [-0.4, -0.2) is 14.8 Å². The van der Waals surface area contributed by atoms with E-state index in [0.717, 1.165) is 17.9 Å². The van der Waals surface area contributed by atoms with Gasteiger partial charge in [0.05, 0.1) is 6.54 Å². The van der Waals surface area contributed by atoms with E-state index in [1.54, 1.807) is 6.33 Å². The van der Waals surface area contributed by atoms with Gasteiger partial charge in [-0.15, -0.1) is 0 Å². The first kappa shape index (κ1) is 9.65. The lowest BCUT2D eigenvalue weighted by molar-refractivity contribution is 0.678. The van der Waals surface area contributed by atoms with Gasteiger partial charge in [0, 0.05) is 0 Å². The standard InChI is InChI=1S/C12H13N3/c1-3-11-4-6-12(7-5-11)8-15-9-13-10(2)14-15/h3-7,9H,1,8H2,2H3. The Morgan fingerprint density at radius 3 is 2.60 bits per heavy atom. The first-order valence-corrected chi connectivity index (χ1v) is 4.85. The van der Waals surface area contributed by atoms with Crippen molar-refractivity contribution in [2.24, 2.45) is 0 Å². The lowest BCUT2D eigenvalue weighted by Gasteiger charge is -2.01. The molecule has 0 N–H and O–H groups in total. The Morgan fingerprint density at radius 2 is 2.07 bits per heavy atom. The molecule has 0 saturated heterocycles. The van der Waals surface area contributed by atoms with Crippen LogP contribution in [0.3, 0.4) is 0 Å². The van der Waals surface area contributed by atoms with E-state index < -0.39 is 0 Å². The van der Waals surface area contributed by atoms with Crippen molar-refractivity contribution in [3.63, 3.8) is 0 Å². The predicted molar refractivity (Wildman–Crippen MR) is 60.4 cm³/mol. The molecule has 0 saturated carbocycles. The summed E-state index contributed by atoms with van der Waals surface area (Å²) in [4.78, 5) is 4.08. The molecule has 0 fully saturated rings. The van der Waals surface area contributed by atoms with Crippen LogP contribution in [0.4, 0.5) is 0 Å². The van der Waals surface area contributed by atoms with Crippen molar-refractivity contribution in [1.82, 2.24) is 14.8 Å². The van der Waals surface area contributed by atoms with Crippen molar-refractivity contribution < 1.29 is 0 Å². The fraction of sp³-hybridized carbons (Fsp3) is 0.167. The molecule has 0 bridgehead atoms. The number of hydrogen-bond acceptors (Lipinski definition) is 2. The second-order valence-electron chi connectivity index (χ2n) is 3.44. The van der Waals surface area contributed by atoms with Crippen LogP contribution >= 0.6 is 0 Å². The minimum Gasteiger partial charge on any atom is -0.248 e. The summed E-state index contributed by atoms with van der Waals surface area (Å²) in [6.07, 6.45) is 3.58. The molecule has 0 aliphatic carbocycles. The average molecular weight is 199 g/mol. The quantitative estimate of drug-likeness (QED) is 0.759. The van der Waals surface area contributed by atoms with Crippen LogP contribution < -0.4 is 0 Å². The van der Waals surface area contributed by atoms with E-state index >= 15 is 0 Å². The van der Waals surface area contributed by atoms with E-state index in [9.17, 15) is 0 Å². The molecule has 1 heterocycles. The molecule has 76 valence electrons. The Bertz CT molecular complexity index is 454. The summed E-state index contributed by atoms with van der Waals surface area (Å²) in [7, 11) is 0. The summed E-state index contributed by atoms with van der Waals surface area (Å²) in [5.74, 6) is 0.803. The van der Waals surface area contributed by atoms with Gasteiger partial charge in [-0.1, -0.05) is 36.9 Å². The van der Waals surface area contributed by atoms with Gasteiger partial charge in [0.2, 0.25) is 0 Å². The van der Waals surface area contributed by atoms with Crippen LogP contribution in [0.1, 0.15) is 17.0 Å². The fourth-order valence-corrected chi connectivity index (χ4v) is 1.41. The summed E-state index contributed by atoms with van der Waals surface area (Å²) in [6, 6.07) is 8.25. The zero-order valence-electron chi connectivity index (χ0n) is 8.72. The van der Waals surface area contributed by atoms with E-state index in [4.69, 9.17) is 0 Å². The molecule has 0 aliphatic heterocycles. The van der Waals surface area contributed by atoms with Gasteiger partial charge < -0.3 is 0 Å². The van der Waals surface area contributed by atoms with E-state index in [1.165, 1.54) is 5.56 Å². The van der Waals surface area contributed by atoms with Gasteiger partial charge in [-0.3, -0.25) is 0 Å². The molecule has 3 nitrogen and oxygen atoms in total. The van der Waals surface area contributed by atoms with Crippen LogP contribution in [-0.2, 0) is 6.54 Å². The summed E-state index contributed by atoms with van der Waals surface area (Å²) in [6.45, 7) is 6.37. The molecule has 3 heteroatoms. The number of aromatic nitrogens is 3. The SMILES string of the molecule is C=Cc1ccc(Cn2cnc(C)n2)cc1. The molecule has 2 aromatic rings. The third kappa shape index (κ3) is 2.31. The van der Waals surface area contributed by atoms with E-state index in [0.29, 0.717) is 0 Å². The molecule has 0 unspecified atom stereocenters. The van der Waals surface area contributed by atoms with Gasteiger partial charge in [-0.25, -0.2) is 9.67 Å². The van der Waals surface area contributed by atoms with Crippen molar-refractivity contribution in [3.8, 4) is 0 Å². The van der Waals surface area contributed by atoms with Gasteiger partial charge in [-0.05, 0) is 18.1 Å². The highest BCUT2D eigenvalue weighted by atomic mass is 15.3. The van der Waals surface area contributed by atoms with Crippen LogP contribution in [0.25, 0.3) is 6.08 Å². The number of nitrogens with zero attached hydrogens (tertiary/aromatic N) is 3. The Balaban J connectivity index is 2.14. The van der Waals surface area contributed by atoms with Crippen molar-refractivity contribution >= 4 is 6.08 Å². The molecule has 0 atom stereocenters. The Labute approximate surface area is 89.1 Å². The third-order valence-corrected chi connectivity index (χ3v) is 2.21. The lowest BCUT2D eigenvalue weighted by Crippen LogP contribution is -2.00. The summed E-state index contributed by atoms with van der Waals surface area (Å²) in [5.41, 5.74) is 2.35. The van der Waals surface area contributed by atoms with Crippen molar-refractivity contribution in [2.45, 2.75) is 13.5 Å². The summed E-state index contributed by atoms with van der Waals surface area (Å²) in [5, 5.41) is 4.23. The Kier molecular flexibility index (Phi) is 2.63.